The lowest BCUT2D eigenvalue weighted by molar-refractivity contribution is -0.127. The first kappa shape index (κ1) is 16.9. The normalized spacial score (nSPS) is 17.5. The summed E-state index contributed by atoms with van der Waals surface area (Å²) in [6.45, 7) is 3.37. The number of rotatable bonds is 5. The van der Waals surface area contributed by atoms with Gasteiger partial charge in [-0.15, -0.1) is 0 Å². The summed E-state index contributed by atoms with van der Waals surface area (Å²) in [5.41, 5.74) is 1.65. The number of hydrogen-bond donors (Lipinski definition) is 1. The van der Waals surface area contributed by atoms with E-state index in [1.165, 1.54) is 13.0 Å². The summed E-state index contributed by atoms with van der Waals surface area (Å²) >= 11 is 0. The van der Waals surface area contributed by atoms with E-state index < -0.39 is 10.0 Å². The number of fused-ring (bicyclic) bond motifs is 1. The van der Waals surface area contributed by atoms with Crippen LogP contribution in [0, 0.1) is 0 Å². The van der Waals surface area contributed by atoms with Crippen molar-refractivity contribution in [1.82, 2.24) is 9.62 Å². The van der Waals surface area contributed by atoms with E-state index in [0.717, 1.165) is 17.7 Å². The fourth-order valence-corrected chi connectivity index (χ4v) is 4.28. The van der Waals surface area contributed by atoms with Gasteiger partial charge in [-0.1, -0.05) is 0 Å². The molecule has 0 spiro atoms. The molecule has 24 heavy (non-hydrogen) atoms. The topological polar surface area (TPSA) is 86.8 Å². The quantitative estimate of drug-likeness (QED) is 0.837. The molecule has 8 heteroatoms. The number of amides is 2. The SMILES string of the molecule is CC(=O)N1CCc2cc(S(=O)(=O)NCCN3CCCC3=O)ccc21. The Labute approximate surface area is 141 Å². The number of anilines is 1. The van der Waals surface area contributed by atoms with Crippen LogP contribution >= 0.6 is 0 Å². The van der Waals surface area contributed by atoms with Crippen molar-refractivity contribution < 1.29 is 18.0 Å². The molecule has 1 aromatic carbocycles. The molecule has 1 saturated heterocycles. The maximum atomic E-state index is 12.4. The number of nitrogens with zero attached hydrogens (tertiary/aromatic N) is 2. The molecule has 0 aromatic heterocycles. The minimum Gasteiger partial charge on any atom is -0.341 e. The van der Waals surface area contributed by atoms with Crippen LogP contribution in [0.5, 0.6) is 0 Å². The van der Waals surface area contributed by atoms with Gasteiger partial charge in [0.1, 0.15) is 0 Å². The molecule has 1 N–H and O–H groups in total. The summed E-state index contributed by atoms with van der Waals surface area (Å²) in [7, 11) is -3.62. The van der Waals surface area contributed by atoms with Gasteiger partial charge in [-0.05, 0) is 36.6 Å². The Morgan fingerprint density at radius 1 is 1.25 bits per heavy atom. The van der Waals surface area contributed by atoms with Crippen LogP contribution in [-0.4, -0.2) is 51.3 Å². The Hall–Kier alpha value is -1.93. The Bertz CT molecular complexity index is 776. The largest absolute Gasteiger partial charge is 0.341 e. The summed E-state index contributed by atoms with van der Waals surface area (Å²) in [4.78, 5) is 26.6. The number of carbonyl (C=O) groups is 2. The second-order valence-corrected chi connectivity index (χ2v) is 7.86. The average Bonchev–Trinajstić information content (AvgIpc) is 3.13. The van der Waals surface area contributed by atoms with Gasteiger partial charge in [-0.3, -0.25) is 9.59 Å². The zero-order valence-corrected chi connectivity index (χ0v) is 14.4. The molecule has 2 aliphatic heterocycles. The van der Waals surface area contributed by atoms with Gasteiger partial charge in [-0.2, -0.15) is 0 Å². The zero-order chi connectivity index (χ0) is 17.3. The number of likely N-dealkylation sites (tertiary alicyclic amines) is 1. The van der Waals surface area contributed by atoms with Crippen molar-refractivity contribution in [1.29, 1.82) is 0 Å². The molecule has 130 valence electrons. The lowest BCUT2D eigenvalue weighted by Gasteiger charge is -2.16. The molecule has 0 bridgehead atoms. The first-order valence-electron chi connectivity index (χ1n) is 8.07. The smallest absolute Gasteiger partial charge is 0.240 e. The molecule has 0 unspecified atom stereocenters. The summed E-state index contributed by atoms with van der Waals surface area (Å²) in [6, 6.07) is 4.83. The van der Waals surface area contributed by atoms with Gasteiger partial charge >= 0.3 is 0 Å². The van der Waals surface area contributed by atoms with Crippen LogP contribution in [0.4, 0.5) is 5.69 Å². The summed E-state index contributed by atoms with van der Waals surface area (Å²) in [5.74, 6) is 0.0359. The lowest BCUT2D eigenvalue weighted by Crippen LogP contribution is -2.35. The van der Waals surface area contributed by atoms with E-state index >= 15 is 0 Å². The van der Waals surface area contributed by atoms with E-state index in [1.807, 2.05) is 0 Å². The van der Waals surface area contributed by atoms with Crippen molar-refractivity contribution in [2.75, 3.05) is 31.1 Å². The Kier molecular flexibility index (Phi) is 4.60. The number of benzene rings is 1. The monoisotopic (exact) mass is 351 g/mol. The summed E-state index contributed by atoms with van der Waals surface area (Å²) in [5, 5.41) is 0. The van der Waals surface area contributed by atoms with Gasteiger partial charge in [0.2, 0.25) is 21.8 Å². The Morgan fingerprint density at radius 2 is 2.04 bits per heavy atom. The second-order valence-electron chi connectivity index (χ2n) is 6.09. The molecular formula is C16H21N3O4S. The van der Waals surface area contributed by atoms with Gasteiger partial charge in [0.15, 0.2) is 0 Å². The third-order valence-corrected chi connectivity index (χ3v) is 5.94. The zero-order valence-electron chi connectivity index (χ0n) is 13.6. The molecule has 2 aliphatic rings. The van der Waals surface area contributed by atoms with E-state index in [9.17, 15) is 18.0 Å². The van der Waals surface area contributed by atoms with Crippen LogP contribution in [0.3, 0.4) is 0 Å². The fraction of sp³-hybridized carbons (Fsp3) is 0.500. The van der Waals surface area contributed by atoms with Gasteiger partial charge in [0.25, 0.3) is 0 Å². The number of carbonyl (C=O) groups excluding carboxylic acids is 2. The van der Waals surface area contributed by atoms with Gasteiger partial charge in [0.05, 0.1) is 4.90 Å². The van der Waals surface area contributed by atoms with Crippen molar-refractivity contribution in [3.63, 3.8) is 0 Å². The maximum absolute atomic E-state index is 12.4. The third-order valence-electron chi connectivity index (χ3n) is 4.48. The Balaban J connectivity index is 1.67. The van der Waals surface area contributed by atoms with Crippen molar-refractivity contribution in [2.45, 2.75) is 31.1 Å². The second kappa shape index (κ2) is 6.52. The molecule has 7 nitrogen and oxygen atoms in total. The van der Waals surface area contributed by atoms with Crippen molar-refractivity contribution >= 4 is 27.5 Å². The van der Waals surface area contributed by atoms with Crippen LogP contribution in [0.2, 0.25) is 0 Å². The van der Waals surface area contributed by atoms with E-state index in [1.54, 1.807) is 21.9 Å². The van der Waals surface area contributed by atoms with Crippen LogP contribution in [0.25, 0.3) is 0 Å². The summed E-state index contributed by atoms with van der Waals surface area (Å²) in [6.07, 6.45) is 2.04. The number of hydrogen-bond acceptors (Lipinski definition) is 4. The lowest BCUT2D eigenvalue weighted by atomic mass is 10.2. The first-order valence-corrected chi connectivity index (χ1v) is 9.55. The maximum Gasteiger partial charge on any atom is 0.240 e. The highest BCUT2D eigenvalue weighted by atomic mass is 32.2. The minimum atomic E-state index is -3.62. The molecule has 2 heterocycles. The predicted molar refractivity (Wildman–Crippen MR) is 89.2 cm³/mol. The van der Waals surface area contributed by atoms with Crippen molar-refractivity contribution in [2.24, 2.45) is 0 Å². The van der Waals surface area contributed by atoms with Crippen molar-refractivity contribution in [3.8, 4) is 0 Å². The highest BCUT2D eigenvalue weighted by Gasteiger charge is 2.25. The van der Waals surface area contributed by atoms with Crippen LogP contribution < -0.4 is 9.62 Å². The number of nitrogens with one attached hydrogen (secondary N) is 1. The Morgan fingerprint density at radius 3 is 2.71 bits per heavy atom. The van der Waals surface area contributed by atoms with E-state index in [4.69, 9.17) is 0 Å². The van der Waals surface area contributed by atoms with Crippen LogP contribution in [-0.2, 0) is 26.0 Å². The molecule has 1 aromatic rings. The van der Waals surface area contributed by atoms with E-state index in [2.05, 4.69) is 4.72 Å². The standard InChI is InChI=1S/C16H21N3O4S/c1-12(20)19-9-6-13-11-14(4-5-15(13)19)24(22,23)17-7-10-18-8-2-3-16(18)21/h4-5,11,17H,2-3,6-10H2,1H3. The minimum absolute atomic E-state index is 0.0437. The molecule has 3 rings (SSSR count). The van der Waals surface area contributed by atoms with Gasteiger partial charge < -0.3 is 9.80 Å². The van der Waals surface area contributed by atoms with E-state index in [-0.39, 0.29) is 23.3 Å². The average molecular weight is 351 g/mol. The molecule has 0 aliphatic carbocycles. The molecule has 0 atom stereocenters. The van der Waals surface area contributed by atoms with Crippen molar-refractivity contribution in [3.05, 3.63) is 23.8 Å². The first-order chi connectivity index (χ1) is 11.4. The third kappa shape index (κ3) is 3.29. The van der Waals surface area contributed by atoms with Crippen LogP contribution in [0.1, 0.15) is 25.3 Å². The number of sulfonamides is 1. The molecule has 0 radical (unpaired) electrons. The molecule has 2 amide bonds. The van der Waals surface area contributed by atoms with Crippen LogP contribution in [0.15, 0.2) is 23.1 Å². The molecular weight excluding hydrogens is 330 g/mol. The molecule has 0 saturated carbocycles. The highest BCUT2D eigenvalue weighted by molar-refractivity contribution is 7.89. The van der Waals surface area contributed by atoms with E-state index in [0.29, 0.717) is 32.5 Å². The highest BCUT2D eigenvalue weighted by Crippen LogP contribution is 2.30. The predicted octanol–water partition coefficient (Wildman–Crippen LogP) is 0.496. The fourth-order valence-electron chi connectivity index (χ4n) is 3.21. The molecule has 1 fully saturated rings. The summed E-state index contributed by atoms with van der Waals surface area (Å²) < 4.78 is 27.4. The van der Waals surface area contributed by atoms with Gasteiger partial charge in [-0.25, -0.2) is 13.1 Å². The van der Waals surface area contributed by atoms with Gasteiger partial charge in [0, 0.05) is 45.2 Å².